The van der Waals surface area contributed by atoms with Gasteiger partial charge in [0.2, 0.25) is 0 Å². The number of allylic oxidation sites excluding steroid dienone is 6. The zero-order chi connectivity index (χ0) is 22.5. The molecule has 0 atom stereocenters. The Morgan fingerprint density at radius 3 is 2.12 bits per heavy atom. The molecule has 0 unspecified atom stereocenters. The maximum Gasteiger partial charge on any atom is 0.678 e. The first kappa shape index (κ1) is 21.3. The topological polar surface area (TPSA) is 17.3 Å². The third-order valence-corrected chi connectivity index (χ3v) is 5.21. The average molecular weight is 422 g/mol. The summed E-state index contributed by atoms with van der Waals surface area (Å²) in [6.07, 6.45) is 8.57. The largest absolute Gasteiger partial charge is 0.678 e. The Morgan fingerprint density at radius 2 is 1.50 bits per heavy atom. The Kier molecular flexibility index (Phi) is 6.27. The highest BCUT2D eigenvalue weighted by Gasteiger charge is 2.28. The van der Waals surface area contributed by atoms with Gasteiger partial charge in [0.15, 0.2) is 0 Å². The van der Waals surface area contributed by atoms with Crippen molar-refractivity contribution in [3.8, 4) is 0 Å². The van der Waals surface area contributed by atoms with E-state index < -0.39 is 7.40 Å². The smallest absolute Gasteiger partial charge is 0.325 e. The van der Waals surface area contributed by atoms with Gasteiger partial charge in [-0.2, -0.15) is 0 Å². The maximum atomic E-state index is 14.4. The van der Waals surface area contributed by atoms with Crippen molar-refractivity contribution < 1.29 is 8.63 Å². The summed E-state index contributed by atoms with van der Waals surface area (Å²) in [6.45, 7) is 7.45. The zero-order valence-electron chi connectivity index (χ0n) is 17.5. The maximum absolute atomic E-state index is 14.4. The summed E-state index contributed by atoms with van der Waals surface area (Å²) in [5.41, 5.74) is 5.17. The van der Waals surface area contributed by atoms with E-state index in [0.29, 0.717) is 28.2 Å². The van der Waals surface area contributed by atoms with Crippen LogP contribution in [-0.4, -0.2) is 17.6 Å². The Bertz CT molecular complexity index is 1260. The molecule has 0 saturated carbocycles. The molecule has 0 bridgehead atoms. The Hall–Kier alpha value is -3.99. The molecule has 2 heterocycles. The minimum atomic E-state index is -2.74. The van der Waals surface area contributed by atoms with Gasteiger partial charge in [-0.25, -0.2) is 4.99 Å². The van der Waals surface area contributed by atoms with Gasteiger partial charge in [-0.1, -0.05) is 92.0 Å². The summed E-state index contributed by atoms with van der Waals surface area (Å²) in [5.74, 6) is 0. The van der Waals surface area contributed by atoms with Crippen LogP contribution in [0, 0.1) is 0 Å². The molecule has 1 aromatic heterocycles. The third-order valence-electron chi connectivity index (χ3n) is 5.21. The molecule has 0 spiro atoms. The highest BCUT2D eigenvalue weighted by molar-refractivity contribution is 6.42. The van der Waals surface area contributed by atoms with Crippen molar-refractivity contribution in [2.75, 3.05) is 0 Å². The Labute approximate surface area is 187 Å². The van der Waals surface area contributed by atoms with E-state index in [4.69, 9.17) is 4.99 Å². The molecular weight excluding hydrogens is 401 g/mol. The van der Waals surface area contributed by atoms with E-state index in [1.807, 2.05) is 72.8 Å². The molecule has 2 aromatic carbocycles. The lowest BCUT2D eigenvalue weighted by molar-refractivity contribution is 0.627. The quantitative estimate of drug-likeness (QED) is 0.293. The van der Waals surface area contributed by atoms with E-state index in [1.165, 1.54) is 0 Å². The van der Waals surface area contributed by atoms with Crippen molar-refractivity contribution in [2.45, 2.75) is 0 Å². The van der Waals surface area contributed by atoms with Gasteiger partial charge in [0.25, 0.3) is 0 Å². The van der Waals surface area contributed by atoms with Crippen molar-refractivity contribution in [1.29, 1.82) is 0 Å². The van der Waals surface area contributed by atoms with Gasteiger partial charge in [-0.3, -0.25) is 8.63 Å². The minimum absolute atomic E-state index is 0.369. The first-order chi connectivity index (χ1) is 15.6. The normalized spacial score (nSPS) is 14.8. The second kappa shape index (κ2) is 9.44. The third kappa shape index (κ3) is 4.10. The number of rotatable bonds is 7. The van der Waals surface area contributed by atoms with E-state index in [0.717, 1.165) is 21.3 Å². The van der Waals surface area contributed by atoms with Crippen LogP contribution < -0.4 is 0 Å². The molecule has 4 rings (SSSR count). The average Bonchev–Trinajstić information content (AvgIpc) is 3.47. The lowest BCUT2D eigenvalue weighted by atomic mass is 9.98. The first-order valence-electron chi connectivity index (χ1n) is 10.2. The van der Waals surface area contributed by atoms with Crippen LogP contribution in [-0.2, 0) is 0 Å². The van der Waals surface area contributed by atoms with E-state index in [1.54, 1.807) is 30.4 Å². The van der Waals surface area contributed by atoms with Crippen LogP contribution in [0.4, 0.5) is 8.63 Å². The Morgan fingerprint density at radius 1 is 0.844 bits per heavy atom. The molecule has 2 nitrogen and oxygen atoms in total. The summed E-state index contributed by atoms with van der Waals surface area (Å²) in [4.78, 5) is 4.80. The van der Waals surface area contributed by atoms with Gasteiger partial charge in [0, 0.05) is 22.5 Å². The SMILES string of the molecule is C=C/C=C(\C=C)c1ccc(/C(=C2/C=CC(c3ccccc3)=N2)c2ccccc2)n1B(F)F. The van der Waals surface area contributed by atoms with Crippen LogP contribution in [0.25, 0.3) is 11.1 Å². The number of aliphatic imine (C=N–C) groups is 1. The second-order valence-corrected chi connectivity index (χ2v) is 7.14. The number of aromatic nitrogens is 1. The van der Waals surface area contributed by atoms with Gasteiger partial charge in [-0.15, -0.1) is 0 Å². The standard InChI is InChI=1S/C27H21BF2N2/c1-3-11-20(4-2)25-18-19-26(32(25)28(29)30)27(22-14-9-6-10-15-22)24-17-16-23(31-24)21-12-7-5-8-13-21/h3-19H,1-2H2/b20-11+,27-24-. The van der Waals surface area contributed by atoms with E-state index >= 15 is 0 Å². The van der Waals surface area contributed by atoms with Crippen molar-refractivity contribution in [2.24, 2.45) is 4.99 Å². The summed E-state index contributed by atoms with van der Waals surface area (Å²) in [6, 6.07) is 22.7. The fourth-order valence-electron chi connectivity index (χ4n) is 3.79. The van der Waals surface area contributed by atoms with Crippen molar-refractivity contribution in [3.63, 3.8) is 0 Å². The number of benzene rings is 2. The van der Waals surface area contributed by atoms with Crippen molar-refractivity contribution >= 4 is 24.3 Å². The molecule has 32 heavy (non-hydrogen) atoms. The summed E-state index contributed by atoms with van der Waals surface area (Å²) >= 11 is 0. The lowest BCUT2D eigenvalue weighted by Crippen LogP contribution is -2.19. The van der Waals surface area contributed by atoms with Crippen LogP contribution in [0.3, 0.4) is 0 Å². The van der Waals surface area contributed by atoms with Gasteiger partial charge in [-0.05, 0) is 35.4 Å². The second-order valence-electron chi connectivity index (χ2n) is 7.14. The number of nitrogens with zero attached hydrogens (tertiary/aromatic N) is 2. The highest BCUT2D eigenvalue weighted by Crippen LogP contribution is 2.34. The van der Waals surface area contributed by atoms with Crippen LogP contribution in [0.15, 0.2) is 127 Å². The van der Waals surface area contributed by atoms with Crippen LogP contribution >= 0.6 is 0 Å². The van der Waals surface area contributed by atoms with E-state index in [2.05, 4.69) is 13.2 Å². The molecule has 0 aliphatic carbocycles. The van der Waals surface area contributed by atoms with Crippen molar-refractivity contribution in [3.05, 3.63) is 145 Å². The van der Waals surface area contributed by atoms with Gasteiger partial charge in [0.1, 0.15) is 0 Å². The summed E-state index contributed by atoms with van der Waals surface area (Å²) in [5, 5.41) is 0. The van der Waals surface area contributed by atoms with Crippen LogP contribution in [0.1, 0.15) is 22.5 Å². The summed E-state index contributed by atoms with van der Waals surface area (Å²) in [7, 11) is -2.74. The molecule has 156 valence electrons. The van der Waals surface area contributed by atoms with E-state index in [9.17, 15) is 8.63 Å². The van der Waals surface area contributed by atoms with Crippen LogP contribution in [0.5, 0.6) is 0 Å². The molecular formula is C27H21BF2N2. The van der Waals surface area contributed by atoms with Crippen molar-refractivity contribution in [1.82, 2.24) is 4.48 Å². The Balaban J connectivity index is 1.96. The number of hydrogen-bond donors (Lipinski definition) is 0. The predicted molar refractivity (Wildman–Crippen MR) is 131 cm³/mol. The molecule has 5 heteroatoms. The molecule has 0 N–H and O–H groups in total. The lowest BCUT2D eigenvalue weighted by Gasteiger charge is -2.15. The zero-order valence-corrected chi connectivity index (χ0v) is 17.5. The minimum Gasteiger partial charge on any atom is -0.325 e. The molecule has 0 fully saturated rings. The van der Waals surface area contributed by atoms with E-state index in [-0.39, 0.29) is 0 Å². The van der Waals surface area contributed by atoms with Gasteiger partial charge in [0.05, 0.1) is 11.4 Å². The van der Waals surface area contributed by atoms with Gasteiger partial charge < -0.3 is 4.48 Å². The highest BCUT2D eigenvalue weighted by atomic mass is 19.2. The fraction of sp³-hybridized carbons (Fsp3) is 0. The number of hydrogen-bond acceptors (Lipinski definition) is 1. The predicted octanol–water partition coefficient (Wildman–Crippen LogP) is 6.83. The molecule has 1 aliphatic heterocycles. The number of halogens is 2. The van der Waals surface area contributed by atoms with Gasteiger partial charge >= 0.3 is 7.40 Å². The monoisotopic (exact) mass is 422 g/mol. The molecule has 3 aromatic rings. The fourth-order valence-corrected chi connectivity index (χ4v) is 3.79. The molecule has 0 radical (unpaired) electrons. The molecule has 1 aliphatic rings. The first-order valence-corrected chi connectivity index (χ1v) is 10.2. The summed E-state index contributed by atoms with van der Waals surface area (Å²) < 4.78 is 29.7. The molecule has 0 amide bonds. The van der Waals surface area contributed by atoms with Crippen LogP contribution in [0.2, 0.25) is 0 Å². The molecule has 0 saturated heterocycles.